The van der Waals surface area contributed by atoms with E-state index in [4.69, 9.17) is 5.73 Å². The summed E-state index contributed by atoms with van der Waals surface area (Å²) in [7, 11) is 0. The first-order chi connectivity index (χ1) is 9.76. The lowest BCUT2D eigenvalue weighted by Crippen LogP contribution is -2.16. The van der Waals surface area contributed by atoms with Crippen LogP contribution in [0.25, 0.3) is 0 Å². The molecule has 1 aromatic rings. The summed E-state index contributed by atoms with van der Waals surface area (Å²) >= 11 is 0. The average molecular weight is 339 g/mol. The highest BCUT2D eigenvalue weighted by Gasteiger charge is 2.31. The van der Waals surface area contributed by atoms with Gasteiger partial charge in [0.1, 0.15) is 0 Å². The van der Waals surface area contributed by atoms with Crippen LogP contribution in [0.5, 0.6) is 0 Å². The highest BCUT2D eigenvalue weighted by Crippen LogP contribution is 2.32. The van der Waals surface area contributed by atoms with Crippen LogP contribution in [0.4, 0.5) is 18.9 Å². The third-order valence-electron chi connectivity index (χ3n) is 3.15. The van der Waals surface area contributed by atoms with Crippen molar-refractivity contribution in [2.24, 2.45) is 11.7 Å². The van der Waals surface area contributed by atoms with Gasteiger partial charge in [-0.25, -0.2) is 0 Å². The largest absolute Gasteiger partial charge is 0.416 e. The maximum Gasteiger partial charge on any atom is 0.416 e. The van der Waals surface area contributed by atoms with E-state index < -0.39 is 11.7 Å². The van der Waals surface area contributed by atoms with Crippen molar-refractivity contribution < 1.29 is 18.0 Å². The molecule has 0 heterocycles. The first-order valence-electron chi connectivity index (χ1n) is 6.97. The molecule has 0 radical (unpaired) electrons. The summed E-state index contributed by atoms with van der Waals surface area (Å²) in [6.45, 7) is 3.95. The van der Waals surface area contributed by atoms with Crippen LogP contribution in [0, 0.1) is 5.92 Å². The standard InChI is InChI=1S/C15H21F3N2O.ClH/c1-3-4-10(2)5-14(21)20-13-7-11(9-19)6-12(8-13)15(16,17)18;/h6-8,10H,3-5,9,19H2,1-2H3,(H,20,21);1H. The minimum absolute atomic E-state index is 0. The molecular formula is C15H22ClF3N2O. The van der Waals surface area contributed by atoms with Crippen molar-refractivity contribution >= 4 is 24.0 Å². The van der Waals surface area contributed by atoms with Crippen molar-refractivity contribution in [3.05, 3.63) is 29.3 Å². The Hall–Kier alpha value is -1.27. The third kappa shape index (κ3) is 6.66. The van der Waals surface area contributed by atoms with Crippen molar-refractivity contribution in [3.63, 3.8) is 0 Å². The molecule has 1 aromatic carbocycles. The molecule has 1 unspecified atom stereocenters. The molecule has 1 atom stereocenters. The van der Waals surface area contributed by atoms with Crippen molar-refractivity contribution in [1.82, 2.24) is 0 Å². The summed E-state index contributed by atoms with van der Waals surface area (Å²) in [5, 5.41) is 2.52. The number of rotatable bonds is 6. The van der Waals surface area contributed by atoms with E-state index in [0.717, 1.165) is 25.0 Å². The minimum atomic E-state index is -4.46. The van der Waals surface area contributed by atoms with Crippen LogP contribution in [0.1, 0.15) is 44.2 Å². The molecular weight excluding hydrogens is 317 g/mol. The van der Waals surface area contributed by atoms with Crippen molar-refractivity contribution in [2.45, 2.75) is 45.8 Å². The van der Waals surface area contributed by atoms with Crippen LogP contribution in [0.3, 0.4) is 0 Å². The zero-order valence-corrected chi connectivity index (χ0v) is 13.5. The predicted molar refractivity (Wildman–Crippen MR) is 83.9 cm³/mol. The van der Waals surface area contributed by atoms with Gasteiger partial charge in [0.2, 0.25) is 5.91 Å². The number of anilines is 1. The van der Waals surface area contributed by atoms with Crippen molar-refractivity contribution in [1.29, 1.82) is 0 Å². The maximum absolute atomic E-state index is 12.8. The van der Waals surface area contributed by atoms with Crippen LogP contribution < -0.4 is 11.1 Å². The van der Waals surface area contributed by atoms with Crippen LogP contribution in [0.2, 0.25) is 0 Å². The average Bonchev–Trinajstić information content (AvgIpc) is 2.37. The molecule has 0 bridgehead atoms. The summed E-state index contributed by atoms with van der Waals surface area (Å²) in [5.74, 6) is -0.0759. The second-order valence-electron chi connectivity index (χ2n) is 5.27. The number of nitrogens with two attached hydrogens (primary N) is 1. The van der Waals surface area contributed by atoms with E-state index >= 15 is 0 Å². The molecule has 1 rings (SSSR count). The highest BCUT2D eigenvalue weighted by atomic mass is 35.5. The van der Waals surface area contributed by atoms with Crippen molar-refractivity contribution in [2.75, 3.05) is 5.32 Å². The number of amides is 1. The molecule has 3 N–H and O–H groups in total. The first kappa shape index (κ1) is 20.7. The van der Waals surface area contributed by atoms with Gasteiger partial charge in [0, 0.05) is 18.7 Å². The Kier molecular flexibility index (Phi) is 8.48. The van der Waals surface area contributed by atoms with E-state index in [-0.39, 0.29) is 36.5 Å². The highest BCUT2D eigenvalue weighted by molar-refractivity contribution is 5.91. The van der Waals surface area contributed by atoms with Gasteiger partial charge >= 0.3 is 6.18 Å². The van der Waals surface area contributed by atoms with Crippen LogP contribution >= 0.6 is 12.4 Å². The Morgan fingerprint density at radius 3 is 2.45 bits per heavy atom. The van der Waals surface area contributed by atoms with Gasteiger partial charge in [-0.05, 0) is 29.7 Å². The summed E-state index contributed by atoms with van der Waals surface area (Å²) in [5.41, 5.74) is 5.07. The summed E-state index contributed by atoms with van der Waals surface area (Å²) in [6.07, 6.45) is -2.29. The number of alkyl halides is 3. The van der Waals surface area contributed by atoms with Crippen LogP contribution in [0.15, 0.2) is 18.2 Å². The molecule has 22 heavy (non-hydrogen) atoms. The molecule has 0 saturated heterocycles. The van der Waals surface area contributed by atoms with Crippen LogP contribution in [-0.4, -0.2) is 5.91 Å². The fourth-order valence-electron chi connectivity index (χ4n) is 2.17. The van der Waals surface area contributed by atoms with E-state index in [1.807, 2.05) is 13.8 Å². The van der Waals surface area contributed by atoms with Gasteiger partial charge in [-0.3, -0.25) is 4.79 Å². The van der Waals surface area contributed by atoms with E-state index in [2.05, 4.69) is 5.32 Å². The minimum Gasteiger partial charge on any atom is -0.326 e. The van der Waals surface area contributed by atoms with E-state index in [0.29, 0.717) is 12.0 Å². The van der Waals surface area contributed by atoms with Gasteiger partial charge in [-0.15, -0.1) is 12.4 Å². The number of halogens is 4. The number of hydrogen-bond acceptors (Lipinski definition) is 2. The molecule has 0 saturated carbocycles. The Balaban J connectivity index is 0.00000441. The van der Waals surface area contributed by atoms with Gasteiger partial charge in [-0.1, -0.05) is 26.7 Å². The van der Waals surface area contributed by atoms with Gasteiger partial charge in [0.25, 0.3) is 0 Å². The molecule has 0 aliphatic rings. The molecule has 0 aromatic heterocycles. The molecule has 0 aliphatic carbocycles. The first-order valence-corrected chi connectivity index (χ1v) is 6.97. The molecule has 0 fully saturated rings. The number of carbonyl (C=O) groups is 1. The third-order valence-corrected chi connectivity index (χ3v) is 3.15. The number of hydrogen-bond donors (Lipinski definition) is 2. The maximum atomic E-state index is 12.8. The Morgan fingerprint density at radius 1 is 1.32 bits per heavy atom. The smallest absolute Gasteiger partial charge is 0.326 e. The molecule has 1 amide bonds. The SMILES string of the molecule is CCCC(C)CC(=O)Nc1cc(CN)cc(C(F)(F)F)c1.Cl. The van der Waals surface area contributed by atoms with Gasteiger partial charge in [0.05, 0.1) is 5.56 Å². The Morgan fingerprint density at radius 2 is 1.95 bits per heavy atom. The zero-order chi connectivity index (χ0) is 16.0. The molecule has 7 heteroatoms. The second kappa shape index (κ2) is 9.00. The topological polar surface area (TPSA) is 55.1 Å². The lowest BCUT2D eigenvalue weighted by molar-refractivity contribution is -0.137. The summed E-state index contributed by atoms with van der Waals surface area (Å²) < 4.78 is 38.3. The fourth-order valence-corrected chi connectivity index (χ4v) is 2.17. The van der Waals surface area contributed by atoms with E-state index in [1.54, 1.807) is 0 Å². The molecule has 126 valence electrons. The molecule has 0 aliphatic heterocycles. The monoisotopic (exact) mass is 338 g/mol. The predicted octanol–water partition coefficient (Wildman–Crippen LogP) is 4.35. The Labute approximate surface area is 134 Å². The van der Waals surface area contributed by atoms with Gasteiger partial charge < -0.3 is 11.1 Å². The number of benzene rings is 1. The normalized spacial score (nSPS) is 12.5. The Bertz CT molecular complexity index is 492. The zero-order valence-electron chi connectivity index (χ0n) is 12.7. The van der Waals surface area contributed by atoms with Crippen LogP contribution in [-0.2, 0) is 17.5 Å². The molecule has 0 spiro atoms. The summed E-state index contributed by atoms with van der Waals surface area (Å²) in [6, 6.07) is 3.40. The lowest BCUT2D eigenvalue weighted by atomic mass is 10.0. The van der Waals surface area contributed by atoms with Gasteiger partial charge in [-0.2, -0.15) is 13.2 Å². The molecule has 3 nitrogen and oxygen atoms in total. The van der Waals surface area contributed by atoms with Crippen molar-refractivity contribution in [3.8, 4) is 0 Å². The second-order valence-corrected chi connectivity index (χ2v) is 5.27. The van der Waals surface area contributed by atoms with E-state index in [9.17, 15) is 18.0 Å². The fraction of sp³-hybridized carbons (Fsp3) is 0.533. The van der Waals surface area contributed by atoms with Gasteiger partial charge in [0.15, 0.2) is 0 Å². The number of carbonyl (C=O) groups excluding carboxylic acids is 1. The lowest BCUT2D eigenvalue weighted by Gasteiger charge is -2.14. The number of nitrogens with one attached hydrogen (secondary N) is 1. The van der Waals surface area contributed by atoms with E-state index in [1.165, 1.54) is 6.07 Å². The quantitative estimate of drug-likeness (QED) is 0.810. The summed E-state index contributed by atoms with van der Waals surface area (Å²) in [4.78, 5) is 11.8.